The molecule has 0 saturated carbocycles. The molecule has 0 aromatic heterocycles. The maximum atomic E-state index is 3.73. The molecule has 1 N–H and O–H groups in total. The molecule has 2 fully saturated rings. The van der Waals surface area contributed by atoms with Crippen LogP contribution in [0, 0.1) is 0 Å². The Bertz CT molecular complexity index is 404. The zero-order valence-electron chi connectivity index (χ0n) is 12.6. The minimum absolute atomic E-state index is 0.340. The van der Waals surface area contributed by atoms with E-state index in [2.05, 4.69) is 52.4 Å². The van der Waals surface area contributed by atoms with Crippen LogP contribution in [0.3, 0.4) is 0 Å². The molecular formula is C17H27N3. The van der Waals surface area contributed by atoms with Gasteiger partial charge in [-0.3, -0.25) is 4.90 Å². The highest BCUT2D eigenvalue weighted by atomic mass is 15.3. The number of nitrogens with one attached hydrogen (secondary N) is 1. The minimum Gasteiger partial charge on any atom is -0.369 e. The lowest BCUT2D eigenvalue weighted by Gasteiger charge is -2.43. The van der Waals surface area contributed by atoms with E-state index in [1.807, 2.05) is 0 Å². The van der Waals surface area contributed by atoms with Crippen LogP contribution in [-0.2, 0) is 0 Å². The summed E-state index contributed by atoms with van der Waals surface area (Å²) >= 11 is 0. The van der Waals surface area contributed by atoms with Crippen LogP contribution < -0.4 is 10.2 Å². The minimum atomic E-state index is 0.340. The highest BCUT2D eigenvalue weighted by Gasteiger charge is 2.29. The quantitative estimate of drug-likeness (QED) is 0.912. The van der Waals surface area contributed by atoms with Crippen LogP contribution in [0.1, 0.15) is 26.2 Å². The first-order chi connectivity index (χ1) is 9.75. The summed E-state index contributed by atoms with van der Waals surface area (Å²) in [6.07, 6.45) is 4.05. The Balaban J connectivity index is 1.51. The number of rotatable bonds is 3. The summed E-state index contributed by atoms with van der Waals surface area (Å²) in [6.45, 7) is 9.48. The topological polar surface area (TPSA) is 18.5 Å². The largest absolute Gasteiger partial charge is 0.369 e. The Labute approximate surface area is 123 Å². The first kappa shape index (κ1) is 13.9. The van der Waals surface area contributed by atoms with Crippen LogP contribution in [0.5, 0.6) is 0 Å². The van der Waals surface area contributed by atoms with Crippen LogP contribution in [0.2, 0.25) is 0 Å². The molecule has 2 aliphatic rings. The van der Waals surface area contributed by atoms with Gasteiger partial charge in [0.25, 0.3) is 0 Å². The lowest BCUT2D eigenvalue weighted by Crippen LogP contribution is -2.57. The second kappa shape index (κ2) is 6.15. The van der Waals surface area contributed by atoms with Gasteiger partial charge in [0.05, 0.1) is 0 Å². The fourth-order valence-corrected chi connectivity index (χ4v) is 3.55. The van der Waals surface area contributed by atoms with Crippen LogP contribution in [0.25, 0.3) is 0 Å². The number of piperazine rings is 1. The third-order valence-corrected chi connectivity index (χ3v) is 4.77. The summed E-state index contributed by atoms with van der Waals surface area (Å²) in [5, 5.41) is 3.73. The molecule has 2 heterocycles. The maximum absolute atomic E-state index is 3.73. The first-order valence-electron chi connectivity index (χ1n) is 8.03. The Morgan fingerprint density at radius 1 is 1.05 bits per heavy atom. The number of anilines is 1. The third kappa shape index (κ3) is 3.33. The van der Waals surface area contributed by atoms with E-state index in [4.69, 9.17) is 0 Å². The van der Waals surface area contributed by atoms with Gasteiger partial charge in [0, 0.05) is 44.0 Å². The van der Waals surface area contributed by atoms with Gasteiger partial charge < -0.3 is 10.2 Å². The summed E-state index contributed by atoms with van der Waals surface area (Å²) in [5.74, 6) is 0. The number of hydrogen-bond acceptors (Lipinski definition) is 3. The molecule has 2 saturated heterocycles. The Morgan fingerprint density at radius 3 is 2.45 bits per heavy atom. The molecule has 0 spiro atoms. The van der Waals surface area contributed by atoms with Gasteiger partial charge in [0.15, 0.2) is 0 Å². The van der Waals surface area contributed by atoms with Crippen molar-refractivity contribution in [1.82, 2.24) is 10.2 Å². The monoisotopic (exact) mass is 273 g/mol. The van der Waals surface area contributed by atoms with E-state index in [9.17, 15) is 0 Å². The second-order valence-corrected chi connectivity index (χ2v) is 6.54. The normalized spacial score (nSPS) is 28.6. The first-order valence-corrected chi connectivity index (χ1v) is 8.03. The summed E-state index contributed by atoms with van der Waals surface area (Å²) in [4.78, 5) is 5.14. The van der Waals surface area contributed by atoms with E-state index in [1.165, 1.54) is 51.1 Å². The predicted octanol–water partition coefficient (Wildman–Crippen LogP) is 2.34. The average Bonchev–Trinajstić information content (AvgIpc) is 2.49. The smallest absolute Gasteiger partial charge is 0.0367 e. The summed E-state index contributed by atoms with van der Waals surface area (Å²) in [5.41, 5.74) is 1.71. The van der Waals surface area contributed by atoms with E-state index in [0.717, 1.165) is 13.1 Å². The van der Waals surface area contributed by atoms with Gasteiger partial charge in [-0.05, 0) is 38.4 Å². The van der Waals surface area contributed by atoms with Crippen LogP contribution in [-0.4, -0.2) is 49.7 Å². The zero-order valence-corrected chi connectivity index (χ0v) is 12.6. The van der Waals surface area contributed by atoms with Crippen LogP contribution in [0.15, 0.2) is 30.3 Å². The van der Waals surface area contributed by atoms with Crippen molar-refractivity contribution in [2.45, 2.75) is 31.7 Å². The van der Waals surface area contributed by atoms with Gasteiger partial charge in [-0.2, -0.15) is 0 Å². The van der Waals surface area contributed by atoms with Crippen molar-refractivity contribution in [3.05, 3.63) is 30.3 Å². The molecule has 0 amide bonds. The van der Waals surface area contributed by atoms with E-state index in [-0.39, 0.29) is 0 Å². The van der Waals surface area contributed by atoms with Crippen molar-refractivity contribution in [2.24, 2.45) is 0 Å². The Morgan fingerprint density at radius 2 is 1.80 bits per heavy atom. The zero-order chi connectivity index (χ0) is 13.8. The highest BCUT2D eigenvalue weighted by molar-refractivity contribution is 5.46. The van der Waals surface area contributed by atoms with E-state index in [1.54, 1.807) is 0 Å². The molecule has 1 unspecified atom stereocenters. The van der Waals surface area contributed by atoms with Crippen molar-refractivity contribution in [1.29, 1.82) is 0 Å². The summed E-state index contributed by atoms with van der Waals surface area (Å²) in [6, 6.07) is 10.8. The van der Waals surface area contributed by atoms with Crippen molar-refractivity contribution in [2.75, 3.05) is 44.2 Å². The van der Waals surface area contributed by atoms with Crippen LogP contribution in [0.4, 0.5) is 5.69 Å². The predicted molar refractivity (Wildman–Crippen MR) is 85.4 cm³/mol. The SMILES string of the molecule is CC1(CN2CCN(c3ccccc3)CC2)CCCCN1. The molecule has 1 aromatic rings. The van der Waals surface area contributed by atoms with Crippen molar-refractivity contribution in [3.8, 4) is 0 Å². The number of para-hydroxylation sites is 1. The molecule has 2 aliphatic heterocycles. The second-order valence-electron chi connectivity index (χ2n) is 6.54. The molecule has 3 heteroatoms. The van der Waals surface area contributed by atoms with Gasteiger partial charge in [0.2, 0.25) is 0 Å². The summed E-state index contributed by atoms with van der Waals surface area (Å²) < 4.78 is 0. The van der Waals surface area contributed by atoms with E-state index < -0.39 is 0 Å². The number of piperidine rings is 1. The van der Waals surface area contributed by atoms with Gasteiger partial charge in [-0.1, -0.05) is 24.6 Å². The Hall–Kier alpha value is -1.06. The standard InChI is InChI=1S/C17H27N3/c1-17(9-5-6-10-18-17)15-19-11-13-20(14-12-19)16-7-3-2-4-8-16/h2-4,7-8,18H,5-6,9-15H2,1H3. The fourth-order valence-electron chi connectivity index (χ4n) is 3.55. The number of nitrogens with zero attached hydrogens (tertiary/aromatic N) is 2. The highest BCUT2D eigenvalue weighted by Crippen LogP contribution is 2.22. The number of benzene rings is 1. The molecule has 110 valence electrons. The maximum Gasteiger partial charge on any atom is 0.0367 e. The fraction of sp³-hybridized carbons (Fsp3) is 0.647. The molecular weight excluding hydrogens is 246 g/mol. The van der Waals surface area contributed by atoms with Crippen LogP contribution >= 0.6 is 0 Å². The molecule has 1 atom stereocenters. The van der Waals surface area contributed by atoms with E-state index >= 15 is 0 Å². The van der Waals surface area contributed by atoms with Crippen molar-refractivity contribution in [3.63, 3.8) is 0 Å². The molecule has 3 rings (SSSR count). The number of hydrogen-bond donors (Lipinski definition) is 1. The lowest BCUT2D eigenvalue weighted by molar-refractivity contribution is 0.157. The van der Waals surface area contributed by atoms with Gasteiger partial charge in [-0.25, -0.2) is 0 Å². The molecule has 0 aliphatic carbocycles. The van der Waals surface area contributed by atoms with E-state index in [0.29, 0.717) is 5.54 Å². The van der Waals surface area contributed by atoms with Crippen molar-refractivity contribution >= 4 is 5.69 Å². The average molecular weight is 273 g/mol. The van der Waals surface area contributed by atoms with Gasteiger partial charge in [0.1, 0.15) is 0 Å². The molecule has 3 nitrogen and oxygen atoms in total. The molecule has 1 aromatic carbocycles. The van der Waals surface area contributed by atoms with Gasteiger partial charge in [-0.15, -0.1) is 0 Å². The van der Waals surface area contributed by atoms with Crippen molar-refractivity contribution < 1.29 is 0 Å². The molecule has 20 heavy (non-hydrogen) atoms. The van der Waals surface area contributed by atoms with Gasteiger partial charge >= 0.3 is 0 Å². The lowest BCUT2D eigenvalue weighted by atomic mass is 9.90. The summed E-state index contributed by atoms with van der Waals surface area (Å²) in [7, 11) is 0. The third-order valence-electron chi connectivity index (χ3n) is 4.77. The molecule has 0 radical (unpaired) electrons. The molecule has 0 bridgehead atoms. The Kier molecular flexibility index (Phi) is 4.27.